The first-order valence-electron chi connectivity index (χ1n) is 9.83. The second kappa shape index (κ2) is 8.17. The molecule has 1 aliphatic rings. The summed E-state index contributed by atoms with van der Waals surface area (Å²) in [7, 11) is 0. The van der Waals surface area contributed by atoms with E-state index in [1.165, 1.54) is 4.68 Å². The van der Waals surface area contributed by atoms with Crippen molar-refractivity contribution in [3.63, 3.8) is 0 Å². The van der Waals surface area contributed by atoms with Crippen molar-refractivity contribution in [2.45, 2.75) is 58.4 Å². The summed E-state index contributed by atoms with van der Waals surface area (Å²) >= 11 is 0. The summed E-state index contributed by atoms with van der Waals surface area (Å²) in [5, 5.41) is 7.19. The fraction of sp³-hybridized carbons (Fsp3) is 0.500. The Balaban J connectivity index is 1.52. The summed E-state index contributed by atoms with van der Waals surface area (Å²) in [5.41, 5.74) is 2.98. The standard InChI is InChI=1S/C22H29N3O3/c1-15-5-9-19(17(13-15)22(2,3)4)28-14-20(26)23-11-12-25-21(27)10-8-18(24-25)16-6-7-16/h5,8-10,13,16H,6-7,11-12,14H2,1-4H3,(H,23,26). The molecule has 0 atom stereocenters. The SMILES string of the molecule is Cc1ccc(OCC(=O)NCCn2nc(C3CC3)ccc2=O)c(C(C)(C)C)c1. The third kappa shape index (κ3) is 5.21. The maximum Gasteiger partial charge on any atom is 0.266 e. The van der Waals surface area contributed by atoms with Crippen molar-refractivity contribution >= 4 is 5.91 Å². The van der Waals surface area contributed by atoms with Gasteiger partial charge in [-0.05, 0) is 42.9 Å². The van der Waals surface area contributed by atoms with E-state index in [9.17, 15) is 9.59 Å². The van der Waals surface area contributed by atoms with E-state index < -0.39 is 0 Å². The second-order valence-corrected chi connectivity index (χ2v) is 8.48. The Kier molecular flexibility index (Phi) is 5.87. The number of carbonyl (C=O) groups is 1. The summed E-state index contributed by atoms with van der Waals surface area (Å²) in [4.78, 5) is 24.1. The van der Waals surface area contributed by atoms with Crippen LogP contribution < -0.4 is 15.6 Å². The Bertz CT molecular complexity index is 908. The number of nitrogens with zero attached hydrogens (tertiary/aromatic N) is 2. The molecule has 1 aliphatic carbocycles. The largest absolute Gasteiger partial charge is 0.483 e. The molecule has 2 aromatic rings. The fourth-order valence-corrected chi connectivity index (χ4v) is 3.07. The minimum absolute atomic E-state index is 0.0589. The normalized spacial score (nSPS) is 14.0. The van der Waals surface area contributed by atoms with Gasteiger partial charge < -0.3 is 10.1 Å². The average molecular weight is 383 g/mol. The van der Waals surface area contributed by atoms with Gasteiger partial charge in [-0.2, -0.15) is 5.10 Å². The minimum atomic E-state index is -0.216. The van der Waals surface area contributed by atoms with E-state index in [1.807, 2.05) is 19.1 Å². The maximum atomic E-state index is 12.2. The number of nitrogens with one attached hydrogen (secondary N) is 1. The van der Waals surface area contributed by atoms with E-state index in [-0.39, 0.29) is 23.5 Å². The van der Waals surface area contributed by atoms with Crippen molar-refractivity contribution in [2.75, 3.05) is 13.2 Å². The fourth-order valence-electron chi connectivity index (χ4n) is 3.07. The quantitative estimate of drug-likeness (QED) is 0.798. The van der Waals surface area contributed by atoms with Gasteiger partial charge in [-0.3, -0.25) is 9.59 Å². The average Bonchev–Trinajstić information content (AvgIpc) is 3.46. The molecule has 1 N–H and O–H groups in total. The Morgan fingerprint density at radius 2 is 2.00 bits per heavy atom. The number of rotatable bonds is 7. The molecule has 150 valence electrons. The van der Waals surface area contributed by atoms with E-state index in [4.69, 9.17) is 4.74 Å². The van der Waals surface area contributed by atoms with E-state index in [0.717, 1.165) is 35.4 Å². The van der Waals surface area contributed by atoms with E-state index in [2.05, 4.69) is 37.3 Å². The first-order valence-corrected chi connectivity index (χ1v) is 9.83. The highest BCUT2D eigenvalue weighted by Gasteiger charge is 2.25. The zero-order valence-electron chi connectivity index (χ0n) is 17.1. The van der Waals surface area contributed by atoms with Crippen LogP contribution in [-0.2, 0) is 16.8 Å². The van der Waals surface area contributed by atoms with Crippen LogP contribution in [-0.4, -0.2) is 28.8 Å². The molecular weight excluding hydrogens is 354 g/mol. The molecule has 0 spiro atoms. The van der Waals surface area contributed by atoms with Gasteiger partial charge in [0, 0.05) is 18.5 Å². The number of amides is 1. The number of aromatic nitrogens is 2. The van der Waals surface area contributed by atoms with E-state index in [0.29, 0.717) is 19.0 Å². The topological polar surface area (TPSA) is 73.2 Å². The molecule has 1 fully saturated rings. The zero-order valence-corrected chi connectivity index (χ0v) is 17.1. The monoisotopic (exact) mass is 383 g/mol. The zero-order chi connectivity index (χ0) is 20.3. The van der Waals surface area contributed by atoms with Gasteiger partial charge in [0.15, 0.2) is 6.61 Å². The lowest BCUT2D eigenvalue weighted by Crippen LogP contribution is -2.34. The van der Waals surface area contributed by atoms with Crippen LogP contribution >= 0.6 is 0 Å². The van der Waals surface area contributed by atoms with Gasteiger partial charge in [0.25, 0.3) is 11.5 Å². The van der Waals surface area contributed by atoms with Crippen LogP contribution in [0.3, 0.4) is 0 Å². The van der Waals surface area contributed by atoms with Gasteiger partial charge in [0.1, 0.15) is 5.75 Å². The molecule has 6 nitrogen and oxygen atoms in total. The molecule has 0 saturated heterocycles. The van der Waals surface area contributed by atoms with Crippen molar-refractivity contribution in [1.82, 2.24) is 15.1 Å². The molecule has 1 aromatic heterocycles. The summed E-state index contributed by atoms with van der Waals surface area (Å²) in [6.45, 7) is 9.03. The van der Waals surface area contributed by atoms with Gasteiger partial charge in [-0.1, -0.05) is 38.5 Å². The molecule has 0 unspecified atom stereocenters. The van der Waals surface area contributed by atoms with E-state index in [1.54, 1.807) is 12.1 Å². The highest BCUT2D eigenvalue weighted by atomic mass is 16.5. The Hall–Kier alpha value is -2.63. The Morgan fingerprint density at radius 3 is 2.68 bits per heavy atom. The predicted octanol–water partition coefficient (Wildman–Crippen LogP) is 2.92. The summed E-state index contributed by atoms with van der Waals surface area (Å²) in [5.74, 6) is 0.997. The van der Waals surface area contributed by atoms with Gasteiger partial charge in [-0.15, -0.1) is 0 Å². The molecule has 6 heteroatoms. The number of aryl methyl sites for hydroxylation is 1. The second-order valence-electron chi connectivity index (χ2n) is 8.48. The van der Waals surface area contributed by atoms with E-state index >= 15 is 0 Å². The molecule has 1 amide bonds. The molecular formula is C22H29N3O3. The molecule has 0 aliphatic heterocycles. The molecule has 0 bridgehead atoms. The van der Waals surface area contributed by atoms with Crippen LogP contribution in [0.4, 0.5) is 0 Å². The number of carbonyl (C=O) groups excluding carboxylic acids is 1. The molecule has 0 radical (unpaired) electrons. The Morgan fingerprint density at radius 1 is 1.25 bits per heavy atom. The van der Waals surface area contributed by atoms with Gasteiger partial charge in [0.05, 0.1) is 12.2 Å². The summed E-state index contributed by atoms with van der Waals surface area (Å²) < 4.78 is 7.19. The smallest absolute Gasteiger partial charge is 0.266 e. The van der Waals surface area contributed by atoms with Gasteiger partial charge in [0.2, 0.25) is 0 Å². The first kappa shape index (κ1) is 20.1. The lowest BCUT2D eigenvalue weighted by Gasteiger charge is -2.23. The number of hydrogen-bond acceptors (Lipinski definition) is 4. The Labute approximate surface area is 165 Å². The van der Waals surface area contributed by atoms with Crippen LogP contribution in [0.25, 0.3) is 0 Å². The van der Waals surface area contributed by atoms with Gasteiger partial charge >= 0.3 is 0 Å². The van der Waals surface area contributed by atoms with Crippen LogP contribution in [0.5, 0.6) is 5.75 Å². The van der Waals surface area contributed by atoms with Crippen LogP contribution in [0.1, 0.15) is 56.4 Å². The highest BCUT2D eigenvalue weighted by molar-refractivity contribution is 5.77. The third-order valence-electron chi connectivity index (χ3n) is 4.83. The van der Waals surface area contributed by atoms with Crippen molar-refractivity contribution in [2.24, 2.45) is 0 Å². The summed E-state index contributed by atoms with van der Waals surface area (Å²) in [6.07, 6.45) is 2.27. The highest BCUT2D eigenvalue weighted by Crippen LogP contribution is 2.38. The maximum absolute atomic E-state index is 12.2. The van der Waals surface area contributed by atoms with Crippen molar-refractivity contribution in [3.05, 3.63) is 57.5 Å². The molecule has 28 heavy (non-hydrogen) atoms. The van der Waals surface area contributed by atoms with Crippen LogP contribution in [0.2, 0.25) is 0 Å². The van der Waals surface area contributed by atoms with Crippen LogP contribution in [0, 0.1) is 6.92 Å². The van der Waals surface area contributed by atoms with Crippen molar-refractivity contribution < 1.29 is 9.53 Å². The molecule has 1 aromatic carbocycles. The molecule has 3 rings (SSSR count). The van der Waals surface area contributed by atoms with Crippen molar-refractivity contribution in [3.8, 4) is 5.75 Å². The lowest BCUT2D eigenvalue weighted by molar-refractivity contribution is -0.123. The molecule has 1 heterocycles. The van der Waals surface area contributed by atoms with Gasteiger partial charge in [-0.25, -0.2) is 4.68 Å². The third-order valence-corrected chi connectivity index (χ3v) is 4.83. The summed E-state index contributed by atoms with van der Waals surface area (Å²) in [6, 6.07) is 9.34. The predicted molar refractivity (Wildman–Crippen MR) is 109 cm³/mol. The number of benzene rings is 1. The number of hydrogen-bond donors (Lipinski definition) is 1. The first-order chi connectivity index (χ1) is 13.2. The van der Waals surface area contributed by atoms with Crippen LogP contribution in [0.15, 0.2) is 35.1 Å². The molecule has 1 saturated carbocycles. The lowest BCUT2D eigenvalue weighted by atomic mass is 9.85. The van der Waals surface area contributed by atoms with Crippen molar-refractivity contribution in [1.29, 1.82) is 0 Å². The minimum Gasteiger partial charge on any atom is -0.483 e. The number of ether oxygens (including phenoxy) is 1.